The summed E-state index contributed by atoms with van der Waals surface area (Å²) < 4.78 is 2.21. The zero-order chi connectivity index (χ0) is 18.2. The molecule has 3 aromatic carbocycles. The zero-order valence-corrected chi connectivity index (χ0v) is 15.4. The van der Waals surface area contributed by atoms with Gasteiger partial charge in [-0.2, -0.15) is 0 Å². The average molecular weight is 369 g/mol. The van der Waals surface area contributed by atoms with Crippen molar-refractivity contribution in [2.45, 2.75) is 6.42 Å². The largest absolute Gasteiger partial charge is 0.303 e. The molecule has 5 aromatic rings. The number of pyridine rings is 1. The van der Waals surface area contributed by atoms with E-state index < -0.39 is 0 Å². The molecule has 0 amide bonds. The van der Waals surface area contributed by atoms with Gasteiger partial charge in [-0.15, -0.1) is 0 Å². The first-order valence-corrected chi connectivity index (χ1v) is 9.36. The molecule has 2 heterocycles. The number of halogens is 1. The van der Waals surface area contributed by atoms with Gasteiger partial charge in [0.1, 0.15) is 5.65 Å². The molecule has 130 valence electrons. The van der Waals surface area contributed by atoms with Crippen LogP contribution >= 0.6 is 11.6 Å². The fraction of sp³-hybridized carbons (Fsp3) is 0.0417. The van der Waals surface area contributed by atoms with Gasteiger partial charge < -0.3 is 4.40 Å². The molecule has 0 radical (unpaired) electrons. The van der Waals surface area contributed by atoms with Gasteiger partial charge in [0.25, 0.3) is 0 Å². The monoisotopic (exact) mass is 368 g/mol. The molecule has 0 spiro atoms. The van der Waals surface area contributed by atoms with E-state index in [1.54, 1.807) is 0 Å². The number of rotatable bonds is 3. The predicted molar refractivity (Wildman–Crippen MR) is 112 cm³/mol. The highest BCUT2D eigenvalue weighted by Gasteiger charge is 2.16. The van der Waals surface area contributed by atoms with Gasteiger partial charge in [0.05, 0.1) is 11.4 Å². The summed E-state index contributed by atoms with van der Waals surface area (Å²) in [6.45, 7) is 0. The molecule has 3 heteroatoms. The van der Waals surface area contributed by atoms with E-state index in [1.165, 1.54) is 16.6 Å². The summed E-state index contributed by atoms with van der Waals surface area (Å²) in [4.78, 5) is 5.06. The molecular formula is C24H17ClN2. The van der Waals surface area contributed by atoms with Crippen molar-refractivity contribution in [1.82, 2.24) is 9.38 Å². The van der Waals surface area contributed by atoms with Crippen molar-refractivity contribution in [3.63, 3.8) is 0 Å². The Morgan fingerprint density at radius 1 is 0.815 bits per heavy atom. The van der Waals surface area contributed by atoms with Crippen LogP contribution in [0.2, 0.25) is 5.02 Å². The van der Waals surface area contributed by atoms with Gasteiger partial charge in [0.15, 0.2) is 0 Å². The summed E-state index contributed by atoms with van der Waals surface area (Å²) in [6, 6.07) is 29.0. The Morgan fingerprint density at radius 3 is 2.48 bits per heavy atom. The van der Waals surface area contributed by atoms with Crippen LogP contribution in [0.5, 0.6) is 0 Å². The third-order valence-corrected chi connectivity index (χ3v) is 5.16. The maximum atomic E-state index is 6.22. The van der Waals surface area contributed by atoms with Crippen LogP contribution in [0.25, 0.3) is 27.7 Å². The lowest BCUT2D eigenvalue weighted by atomic mass is 10.0. The molecule has 0 atom stereocenters. The maximum Gasteiger partial charge on any atom is 0.145 e. The van der Waals surface area contributed by atoms with Crippen molar-refractivity contribution in [3.05, 3.63) is 107 Å². The van der Waals surface area contributed by atoms with E-state index in [2.05, 4.69) is 71.3 Å². The minimum atomic E-state index is 0.757. The summed E-state index contributed by atoms with van der Waals surface area (Å²) in [7, 11) is 0. The highest BCUT2D eigenvalue weighted by Crippen LogP contribution is 2.30. The minimum absolute atomic E-state index is 0.757. The van der Waals surface area contributed by atoms with Crippen LogP contribution in [0.15, 0.2) is 91.1 Å². The lowest BCUT2D eigenvalue weighted by Crippen LogP contribution is -1.97. The van der Waals surface area contributed by atoms with Crippen molar-refractivity contribution in [2.24, 2.45) is 0 Å². The molecule has 2 nitrogen and oxygen atoms in total. The second-order valence-electron chi connectivity index (χ2n) is 6.68. The molecular weight excluding hydrogens is 352 g/mol. The fourth-order valence-electron chi connectivity index (χ4n) is 3.65. The summed E-state index contributed by atoms with van der Waals surface area (Å²) in [5, 5.41) is 3.12. The Bertz CT molecular complexity index is 1260. The molecule has 0 bridgehead atoms. The van der Waals surface area contributed by atoms with Gasteiger partial charge in [-0.1, -0.05) is 78.3 Å². The number of hydrogen-bond acceptors (Lipinski definition) is 1. The fourth-order valence-corrected chi connectivity index (χ4v) is 3.87. The van der Waals surface area contributed by atoms with E-state index in [0.717, 1.165) is 33.7 Å². The number of nitrogens with zero attached hydrogens (tertiary/aromatic N) is 2. The van der Waals surface area contributed by atoms with Crippen LogP contribution < -0.4 is 0 Å². The van der Waals surface area contributed by atoms with Crippen LogP contribution in [-0.2, 0) is 6.42 Å². The summed E-state index contributed by atoms with van der Waals surface area (Å²) in [6.07, 6.45) is 2.89. The van der Waals surface area contributed by atoms with E-state index in [4.69, 9.17) is 16.6 Å². The molecule has 5 rings (SSSR count). The van der Waals surface area contributed by atoms with Gasteiger partial charge in [0.2, 0.25) is 0 Å². The normalized spacial score (nSPS) is 11.3. The van der Waals surface area contributed by atoms with E-state index in [-0.39, 0.29) is 0 Å². The second kappa shape index (κ2) is 6.57. The van der Waals surface area contributed by atoms with Crippen LogP contribution in [-0.4, -0.2) is 9.38 Å². The molecule has 0 aliphatic rings. The number of fused-ring (bicyclic) bond motifs is 3. The third-order valence-electron chi connectivity index (χ3n) is 4.92. The number of aromatic nitrogens is 2. The molecule has 0 saturated heterocycles. The second-order valence-corrected chi connectivity index (χ2v) is 7.11. The van der Waals surface area contributed by atoms with Gasteiger partial charge in [-0.25, -0.2) is 4.98 Å². The standard InChI is InChI=1S/C24H17ClN2/c25-20-11-6-7-17(15-20)16-22-23(19-9-2-1-3-10-19)26-24-21-12-5-4-8-18(21)13-14-27(22)24/h1-15H,16H2. The van der Waals surface area contributed by atoms with Crippen LogP contribution in [0.1, 0.15) is 11.3 Å². The molecule has 0 fully saturated rings. The first-order chi connectivity index (χ1) is 13.3. The van der Waals surface area contributed by atoms with Crippen molar-refractivity contribution < 1.29 is 0 Å². The van der Waals surface area contributed by atoms with Gasteiger partial charge in [0, 0.05) is 28.6 Å². The lowest BCUT2D eigenvalue weighted by molar-refractivity contribution is 1.03. The average Bonchev–Trinajstić information content (AvgIpc) is 3.08. The van der Waals surface area contributed by atoms with Crippen molar-refractivity contribution >= 4 is 28.0 Å². The molecule has 0 unspecified atom stereocenters. The van der Waals surface area contributed by atoms with Gasteiger partial charge in [-0.05, 0) is 29.1 Å². The highest BCUT2D eigenvalue weighted by molar-refractivity contribution is 6.30. The van der Waals surface area contributed by atoms with Gasteiger partial charge >= 0.3 is 0 Å². The Morgan fingerprint density at radius 2 is 1.63 bits per heavy atom. The third kappa shape index (κ3) is 2.88. The molecule has 0 N–H and O–H groups in total. The first kappa shape index (κ1) is 16.1. The Hall–Kier alpha value is -3.10. The van der Waals surface area contributed by atoms with E-state index >= 15 is 0 Å². The maximum absolute atomic E-state index is 6.22. The van der Waals surface area contributed by atoms with Gasteiger partial charge in [-0.3, -0.25) is 0 Å². The Kier molecular flexibility index (Phi) is 3.92. The molecule has 2 aromatic heterocycles. The van der Waals surface area contributed by atoms with E-state index in [0.29, 0.717) is 0 Å². The lowest BCUT2D eigenvalue weighted by Gasteiger charge is -2.07. The van der Waals surface area contributed by atoms with Crippen LogP contribution in [0.3, 0.4) is 0 Å². The Labute approximate surface area is 162 Å². The summed E-state index contributed by atoms with van der Waals surface area (Å²) in [5.41, 5.74) is 5.48. The molecule has 0 saturated carbocycles. The van der Waals surface area contributed by atoms with Crippen LogP contribution in [0, 0.1) is 0 Å². The van der Waals surface area contributed by atoms with Crippen molar-refractivity contribution in [2.75, 3.05) is 0 Å². The van der Waals surface area contributed by atoms with E-state index in [9.17, 15) is 0 Å². The first-order valence-electron chi connectivity index (χ1n) is 8.98. The zero-order valence-electron chi connectivity index (χ0n) is 14.6. The predicted octanol–water partition coefficient (Wildman–Crippen LogP) is 6.40. The SMILES string of the molecule is Clc1cccc(Cc2c(-c3ccccc3)nc3c4ccccc4ccn23)c1. The Balaban J connectivity index is 1.79. The van der Waals surface area contributed by atoms with Crippen molar-refractivity contribution in [1.29, 1.82) is 0 Å². The van der Waals surface area contributed by atoms with E-state index in [1.807, 2.05) is 24.3 Å². The highest BCUT2D eigenvalue weighted by atomic mass is 35.5. The summed E-state index contributed by atoms with van der Waals surface area (Å²) in [5.74, 6) is 0. The number of imidazole rings is 1. The minimum Gasteiger partial charge on any atom is -0.303 e. The molecule has 0 aliphatic heterocycles. The molecule has 0 aliphatic carbocycles. The molecule has 27 heavy (non-hydrogen) atoms. The topological polar surface area (TPSA) is 17.3 Å². The number of hydrogen-bond donors (Lipinski definition) is 0. The summed E-state index contributed by atoms with van der Waals surface area (Å²) >= 11 is 6.22. The smallest absolute Gasteiger partial charge is 0.145 e. The van der Waals surface area contributed by atoms with Crippen LogP contribution in [0.4, 0.5) is 0 Å². The quantitative estimate of drug-likeness (QED) is 0.360. The van der Waals surface area contributed by atoms with Crippen molar-refractivity contribution in [3.8, 4) is 11.3 Å². The number of benzene rings is 3.